The van der Waals surface area contributed by atoms with Gasteiger partial charge < -0.3 is 4.74 Å². The second kappa shape index (κ2) is 12.0. The topological polar surface area (TPSA) is 9.23 Å². The third-order valence-electron chi connectivity index (χ3n) is 8.82. The SMILES string of the molecule is CCCCOC1(C2CCC(CCC3CCC(CCC)CC3)CC2)CCCCC1. The molecular weight excluding hydrogens is 340 g/mol. The van der Waals surface area contributed by atoms with Gasteiger partial charge in [0.05, 0.1) is 5.60 Å². The molecule has 0 aromatic heterocycles. The van der Waals surface area contributed by atoms with Crippen LogP contribution in [-0.4, -0.2) is 12.2 Å². The molecule has 0 aromatic rings. The summed E-state index contributed by atoms with van der Waals surface area (Å²) in [6.45, 7) is 5.66. The molecule has 0 bridgehead atoms. The molecule has 0 unspecified atom stereocenters. The lowest BCUT2D eigenvalue weighted by Crippen LogP contribution is -2.44. The Labute approximate surface area is 176 Å². The molecule has 0 N–H and O–H groups in total. The van der Waals surface area contributed by atoms with Gasteiger partial charge >= 0.3 is 0 Å². The number of unbranched alkanes of at least 4 members (excludes halogenated alkanes) is 1. The summed E-state index contributed by atoms with van der Waals surface area (Å²) in [4.78, 5) is 0. The fourth-order valence-electron chi connectivity index (χ4n) is 6.91. The smallest absolute Gasteiger partial charge is 0.0710 e. The highest BCUT2D eigenvalue weighted by molar-refractivity contribution is 4.93. The average Bonchev–Trinajstić information content (AvgIpc) is 2.75. The fourth-order valence-corrected chi connectivity index (χ4v) is 6.91. The monoisotopic (exact) mass is 390 g/mol. The molecule has 0 saturated heterocycles. The van der Waals surface area contributed by atoms with Crippen molar-refractivity contribution in [1.82, 2.24) is 0 Å². The molecule has 3 rings (SSSR count). The molecule has 0 heterocycles. The van der Waals surface area contributed by atoms with Crippen molar-refractivity contribution in [2.45, 2.75) is 141 Å². The molecular formula is C27H50O. The highest BCUT2D eigenvalue weighted by atomic mass is 16.5. The van der Waals surface area contributed by atoms with Crippen LogP contribution in [0.3, 0.4) is 0 Å². The van der Waals surface area contributed by atoms with Crippen LogP contribution in [0.15, 0.2) is 0 Å². The van der Waals surface area contributed by atoms with E-state index in [-0.39, 0.29) is 5.60 Å². The summed E-state index contributed by atoms with van der Waals surface area (Å²) in [5.41, 5.74) is 0.274. The van der Waals surface area contributed by atoms with E-state index in [1.54, 1.807) is 0 Å². The zero-order valence-electron chi connectivity index (χ0n) is 19.4. The molecule has 0 atom stereocenters. The number of ether oxygens (including phenoxy) is 1. The van der Waals surface area contributed by atoms with E-state index in [4.69, 9.17) is 4.74 Å². The molecule has 0 amide bonds. The van der Waals surface area contributed by atoms with Crippen LogP contribution in [0.2, 0.25) is 0 Å². The van der Waals surface area contributed by atoms with E-state index in [0.29, 0.717) is 0 Å². The summed E-state index contributed by atoms with van der Waals surface area (Å²) < 4.78 is 6.67. The van der Waals surface area contributed by atoms with Gasteiger partial charge in [-0.25, -0.2) is 0 Å². The summed E-state index contributed by atoms with van der Waals surface area (Å²) in [7, 11) is 0. The predicted molar refractivity (Wildman–Crippen MR) is 122 cm³/mol. The molecule has 1 nitrogen and oxygen atoms in total. The lowest BCUT2D eigenvalue weighted by molar-refractivity contribution is -0.122. The maximum absolute atomic E-state index is 6.67. The maximum Gasteiger partial charge on any atom is 0.0710 e. The second-order valence-corrected chi connectivity index (χ2v) is 10.8. The Morgan fingerprint density at radius 3 is 1.71 bits per heavy atom. The zero-order valence-corrected chi connectivity index (χ0v) is 19.4. The van der Waals surface area contributed by atoms with Gasteiger partial charge in [0.25, 0.3) is 0 Å². The second-order valence-electron chi connectivity index (χ2n) is 10.8. The molecule has 0 spiro atoms. The van der Waals surface area contributed by atoms with Crippen LogP contribution in [0.4, 0.5) is 0 Å². The van der Waals surface area contributed by atoms with Gasteiger partial charge in [0.1, 0.15) is 0 Å². The van der Waals surface area contributed by atoms with Gasteiger partial charge in [0.2, 0.25) is 0 Å². The average molecular weight is 391 g/mol. The molecule has 28 heavy (non-hydrogen) atoms. The van der Waals surface area contributed by atoms with Gasteiger partial charge in [0, 0.05) is 6.61 Å². The molecule has 3 aliphatic rings. The molecule has 0 radical (unpaired) electrons. The first-order valence-electron chi connectivity index (χ1n) is 13.4. The lowest BCUT2D eigenvalue weighted by Gasteiger charge is -2.46. The summed E-state index contributed by atoms with van der Waals surface area (Å²) in [6, 6.07) is 0. The van der Waals surface area contributed by atoms with Crippen LogP contribution in [0.1, 0.15) is 136 Å². The van der Waals surface area contributed by atoms with Crippen LogP contribution in [0, 0.1) is 23.7 Å². The lowest BCUT2D eigenvalue weighted by atomic mass is 9.67. The standard InChI is InChI=1S/C27H50O/c1-3-5-22-28-27(20-7-6-8-21-27)26-18-16-25(17-19-26)15-14-24-12-10-23(9-4-2)11-13-24/h23-26H,3-22H2,1-2H3. The van der Waals surface area contributed by atoms with E-state index in [0.717, 1.165) is 30.3 Å². The Balaban J connectivity index is 1.38. The Morgan fingerprint density at radius 1 is 0.643 bits per heavy atom. The van der Waals surface area contributed by atoms with Crippen molar-refractivity contribution in [2.75, 3.05) is 6.61 Å². The largest absolute Gasteiger partial charge is 0.375 e. The maximum atomic E-state index is 6.67. The Bertz CT molecular complexity index is 394. The van der Waals surface area contributed by atoms with Gasteiger partial charge in [-0.2, -0.15) is 0 Å². The van der Waals surface area contributed by atoms with E-state index < -0.39 is 0 Å². The molecule has 3 saturated carbocycles. The van der Waals surface area contributed by atoms with E-state index in [2.05, 4.69) is 13.8 Å². The Hall–Kier alpha value is -0.0400. The van der Waals surface area contributed by atoms with Gasteiger partial charge in [-0.15, -0.1) is 0 Å². The van der Waals surface area contributed by atoms with Crippen LogP contribution in [0.5, 0.6) is 0 Å². The third kappa shape index (κ3) is 6.48. The minimum atomic E-state index is 0.274. The van der Waals surface area contributed by atoms with E-state index >= 15 is 0 Å². The minimum Gasteiger partial charge on any atom is -0.375 e. The molecule has 3 fully saturated rings. The normalized spacial score (nSPS) is 33.6. The van der Waals surface area contributed by atoms with Crippen molar-refractivity contribution in [2.24, 2.45) is 23.7 Å². The van der Waals surface area contributed by atoms with Gasteiger partial charge in [-0.3, -0.25) is 0 Å². The molecule has 0 aromatic carbocycles. The highest BCUT2D eigenvalue weighted by Gasteiger charge is 2.42. The predicted octanol–water partition coefficient (Wildman–Crippen LogP) is 8.70. The van der Waals surface area contributed by atoms with Crippen LogP contribution in [-0.2, 0) is 4.74 Å². The van der Waals surface area contributed by atoms with Gasteiger partial charge in [-0.05, 0) is 55.8 Å². The molecule has 3 aliphatic carbocycles. The van der Waals surface area contributed by atoms with Crippen molar-refractivity contribution < 1.29 is 4.74 Å². The summed E-state index contributed by atoms with van der Waals surface area (Å²) >= 11 is 0. The fraction of sp³-hybridized carbons (Fsp3) is 1.00. The first kappa shape index (κ1) is 22.6. The van der Waals surface area contributed by atoms with Crippen molar-refractivity contribution >= 4 is 0 Å². The minimum absolute atomic E-state index is 0.274. The molecule has 164 valence electrons. The number of hydrogen-bond donors (Lipinski definition) is 0. The van der Waals surface area contributed by atoms with Gasteiger partial charge in [-0.1, -0.05) is 104 Å². The van der Waals surface area contributed by atoms with Crippen molar-refractivity contribution in [3.63, 3.8) is 0 Å². The zero-order chi connectivity index (χ0) is 19.7. The van der Waals surface area contributed by atoms with Crippen molar-refractivity contribution in [1.29, 1.82) is 0 Å². The summed E-state index contributed by atoms with van der Waals surface area (Å²) in [5.74, 6) is 4.02. The van der Waals surface area contributed by atoms with Crippen LogP contribution < -0.4 is 0 Å². The van der Waals surface area contributed by atoms with E-state index in [9.17, 15) is 0 Å². The van der Waals surface area contributed by atoms with E-state index in [1.807, 2.05) is 0 Å². The number of hydrogen-bond acceptors (Lipinski definition) is 1. The number of rotatable bonds is 10. The Morgan fingerprint density at radius 2 is 1.18 bits per heavy atom. The molecule has 1 heteroatoms. The summed E-state index contributed by atoms with van der Waals surface area (Å²) in [5, 5.41) is 0. The van der Waals surface area contributed by atoms with E-state index in [1.165, 1.54) is 122 Å². The molecule has 0 aliphatic heterocycles. The van der Waals surface area contributed by atoms with Crippen LogP contribution in [0.25, 0.3) is 0 Å². The summed E-state index contributed by atoms with van der Waals surface area (Å²) in [6.07, 6.45) is 27.5. The third-order valence-corrected chi connectivity index (χ3v) is 8.82. The first-order valence-corrected chi connectivity index (χ1v) is 13.4. The quantitative estimate of drug-likeness (QED) is 0.339. The van der Waals surface area contributed by atoms with Gasteiger partial charge in [0.15, 0.2) is 0 Å². The van der Waals surface area contributed by atoms with Crippen molar-refractivity contribution in [3.8, 4) is 0 Å². The van der Waals surface area contributed by atoms with Crippen LogP contribution >= 0.6 is 0 Å². The van der Waals surface area contributed by atoms with Crippen molar-refractivity contribution in [3.05, 3.63) is 0 Å². The Kier molecular flexibility index (Phi) is 9.68. The first-order chi connectivity index (χ1) is 13.8. The highest BCUT2D eigenvalue weighted by Crippen LogP contribution is 2.46.